The van der Waals surface area contributed by atoms with E-state index in [1.807, 2.05) is 44.2 Å². The molecule has 0 amide bonds. The molecule has 138 valence electrons. The van der Waals surface area contributed by atoms with Crippen LogP contribution in [0.1, 0.15) is 32.3 Å². The number of aliphatic hydroxyl groups is 1. The zero-order valence-electron chi connectivity index (χ0n) is 14.7. The van der Waals surface area contributed by atoms with E-state index < -0.39 is 5.79 Å². The molecule has 1 aliphatic heterocycles. The highest BCUT2D eigenvalue weighted by atomic mass is 16.8. The van der Waals surface area contributed by atoms with Gasteiger partial charge in [0.2, 0.25) is 0 Å². The third kappa shape index (κ3) is 4.58. The summed E-state index contributed by atoms with van der Waals surface area (Å²) >= 11 is 0. The third-order valence-electron chi connectivity index (χ3n) is 4.62. The van der Waals surface area contributed by atoms with Gasteiger partial charge >= 0.3 is 5.97 Å². The Labute approximate surface area is 148 Å². The highest BCUT2D eigenvalue weighted by Gasteiger charge is 2.54. The van der Waals surface area contributed by atoms with Crippen LogP contribution in [0.2, 0.25) is 0 Å². The normalized spacial score (nSPS) is 30.2. The molecule has 2 aliphatic rings. The molecule has 0 aromatic heterocycles. The minimum Gasteiger partial charge on any atom is -0.461 e. The Morgan fingerprint density at radius 1 is 1.24 bits per heavy atom. The second kappa shape index (κ2) is 7.83. The van der Waals surface area contributed by atoms with Gasteiger partial charge in [0.05, 0.1) is 31.8 Å². The van der Waals surface area contributed by atoms with E-state index in [0.29, 0.717) is 6.42 Å². The Kier molecular flexibility index (Phi) is 5.74. The second-order valence-electron chi connectivity index (χ2n) is 7.04. The number of ether oxygens (including phenoxy) is 4. The van der Waals surface area contributed by atoms with E-state index in [4.69, 9.17) is 24.1 Å². The van der Waals surface area contributed by atoms with Crippen LogP contribution in [0.3, 0.4) is 0 Å². The average molecular weight is 350 g/mol. The zero-order valence-corrected chi connectivity index (χ0v) is 14.7. The lowest BCUT2D eigenvalue weighted by Gasteiger charge is -2.23. The summed E-state index contributed by atoms with van der Waals surface area (Å²) in [7, 11) is 0. The van der Waals surface area contributed by atoms with Gasteiger partial charge in [0.15, 0.2) is 5.79 Å². The Hall–Kier alpha value is -1.47. The van der Waals surface area contributed by atoms with E-state index in [1.54, 1.807) is 0 Å². The lowest BCUT2D eigenvalue weighted by atomic mass is 10.0. The third-order valence-corrected chi connectivity index (χ3v) is 4.62. The van der Waals surface area contributed by atoms with Crippen LogP contribution < -0.4 is 0 Å². The first-order valence-corrected chi connectivity index (χ1v) is 8.76. The summed E-state index contributed by atoms with van der Waals surface area (Å²) in [6.07, 6.45) is 0.348. The van der Waals surface area contributed by atoms with Gasteiger partial charge in [-0.05, 0) is 25.8 Å². The minimum atomic E-state index is -0.692. The highest BCUT2D eigenvalue weighted by Crippen LogP contribution is 2.44. The van der Waals surface area contributed by atoms with E-state index in [-0.39, 0.29) is 56.4 Å². The minimum absolute atomic E-state index is 0.0151. The topological polar surface area (TPSA) is 74.2 Å². The van der Waals surface area contributed by atoms with Gasteiger partial charge in [0.1, 0.15) is 12.7 Å². The Morgan fingerprint density at radius 3 is 2.68 bits per heavy atom. The van der Waals surface area contributed by atoms with Crippen molar-refractivity contribution in [1.82, 2.24) is 0 Å². The Balaban J connectivity index is 1.56. The number of benzene rings is 1. The van der Waals surface area contributed by atoms with Gasteiger partial charge in [-0.1, -0.05) is 30.3 Å². The number of rotatable bonds is 7. The summed E-state index contributed by atoms with van der Waals surface area (Å²) < 4.78 is 23.0. The molecule has 25 heavy (non-hydrogen) atoms. The molecule has 1 heterocycles. The molecule has 4 atom stereocenters. The summed E-state index contributed by atoms with van der Waals surface area (Å²) in [6, 6.07) is 9.61. The molecule has 1 saturated heterocycles. The molecule has 2 fully saturated rings. The smallest absolute Gasteiger partial charge is 0.306 e. The Morgan fingerprint density at radius 2 is 1.96 bits per heavy atom. The summed E-state index contributed by atoms with van der Waals surface area (Å²) in [5.41, 5.74) is 0.964. The summed E-state index contributed by atoms with van der Waals surface area (Å²) in [4.78, 5) is 12.2. The number of esters is 1. The molecule has 6 nitrogen and oxygen atoms in total. The maximum atomic E-state index is 12.2. The average Bonchev–Trinajstić information content (AvgIpc) is 3.06. The van der Waals surface area contributed by atoms with Gasteiger partial charge in [-0.2, -0.15) is 0 Å². The van der Waals surface area contributed by atoms with Crippen molar-refractivity contribution < 1.29 is 28.8 Å². The first kappa shape index (κ1) is 18.3. The van der Waals surface area contributed by atoms with Crippen molar-refractivity contribution in [1.29, 1.82) is 0 Å². The molecule has 0 radical (unpaired) electrons. The van der Waals surface area contributed by atoms with Gasteiger partial charge < -0.3 is 24.1 Å². The summed E-state index contributed by atoms with van der Waals surface area (Å²) in [5.74, 6) is -0.953. The van der Waals surface area contributed by atoms with Crippen molar-refractivity contribution in [2.24, 2.45) is 5.92 Å². The highest BCUT2D eigenvalue weighted by molar-refractivity contribution is 5.69. The van der Waals surface area contributed by atoms with E-state index in [2.05, 4.69) is 0 Å². The molecular formula is C19H26O6. The number of carbonyl (C=O) groups is 1. The Bertz CT molecular complexity index is 573. The van der Waals surface area contributed by atoms with E-state index in [0.717, 1.165) is 5.56 Å². The van der Waals surface area contributed by atoms with Crippen LogP contribution in [-0.2, 0) is 30.3 Å². The second-order valence-corrected chi connectivity index (χ2v) is 7.04. The van der Waals surface area contributed by atoms with Crippen molar-refractivity contribution in [2.45, 2.75) is 57.4 Å². The SMILES string of the molecule is CC1(C)OC2C(O1)[C@@H](OCCO)C[C@H]2CC(=O)OCc1ccccc1. The fourth-order valence-corrected chi connectivity index (χ4v) is 3.61. The first-order chi connectivity index (χ1) is 12.0. The van der Waals surface area contributed by atoms with Crippen LogP contribution >= 0.6 is 0 Å². The van der Waals surface area contributed by atoms with Crippen LogP contribution in [0.15, 0.2) is 30.3 Å². The molecule has 1 aromatic carbocycles. The fourth-order valence-electron chi connectivity index (χ4n) is 3.61. The van der Waals surface area contributed by atoms with Crippen molar-refractivity contribution in [3.63, 3.8) is 0 Å². The van der Waals surface area contributed by atoms with Crippen LogP contribution in [0.25, 0.3) is 0 Å². The standard InChI is InChI=1S/C19H26O6/c1-19(2)24-17-14(10-15(18(17)25-19)22-9-8-20)11-16(21)23-12-13-6-4-3-5-7-13/h3-7,14-15,17-18,20H,8-12H2,1-2H3/t14-,15-,17?,18?/m0/s1. The van der Waals surface area contributed by atoms with E-state index in [9.17, 15) is 4.79 Å². The van der Waals surface area contributed by atoms with Gasteiger partial charge in [-0.25, -0.2) is 0 Å². The molecule has 6 heteroatoms. The summed E-state index contributed by atoms with van der Waals surface area (Å²) in [5, 5.41) is 8.99. The predicted octanol–water partition coefficient (Wildman–Crippen LogP) is 2.04. The quantitative estimate of drug-likeness (QED) is 0.759. The maximum absolute atomic E-state index is 12.2. The molecule has 1 N–H and O–H groups in total. The molecule has 0 bridgehead atoms. The molecule has 1 saturated carbocycles. The predicted molar refractivity (Wildman–Crippen MR) is 89.6 cm³/mol. The molecule has 1 aromatic rings. The van der Waals surface area contributed by atoms with Gasteiger partial charge in [0, 0.05) is 5.92 Å². The lowest BCUT2D eigenvalue weighted by Crippen LogP contribution is -2.31. The van der Waals surface area contributed by atoms with Gasteiger partial charge in [-0.3, -0.25) is 4.79 Å². The number of aliphatic hydroxyl groups excluding tert-OH is 1. The fraction of sp³-hybridized carbons (Fsp3) is 0.632. The van der Waals surface area contributed by atoms with Crippen LogP contribution in [0, 0.1) is 5.92 Å². The number of hydrogen-bond acceptors (Lipinski definition) is 6. The first-order valence-electron chi connectivity index (χ1n) is 8.76. The lowest BCUT2D eigenvalue weighted by molar-refractivity contribution is -0.174. The van der Waals surface area contributed by atoms with Crippen molar-refractivity contribution >= 4 is 5.97 Å². The molecule has 3 rings (SSSR count). The van der Waals surface area contributed by atoms with Crippen LogP contribution in [0.4, 0.5) is 0 Å². The summed E-state index contributed by atoms with van der Waals surface area (Å²) in [6.45, 7) is 4.21. The van der Waals surface area contributed by atoms with E-state index >= 15 is 0 Å². The zero-order chi connectivity index (χ0) is 17.9. The monoisotopic (exact) mass is 350 g/mol. The molecular weight excluding hydrogens is 324 g/mol. The number of carbonyl (C=O) groups excluding carboxylic acids is 1. The largest absolute Gasteiger partial charge is 0.461 e. The molecule has 0 spiro atoms. The van der Waals surface area contributed by atoms with Crippen molar-refractivity contribution in [3.05, 3.63) is 35.9 Å². The van der Waals surface area contributed by atoms with Crippen molar-refractivity contribution in [3.8, 4) is 0 Å². The van der Waals surface area contributed by atoms with Crippen LogP contribution in [0.5, 0.6) is 0 Å². The van der Waals surface area contributed by atoms with Gasteiger partial charge in [0.25, 0.3) is 0 Å². The maximum Gasteiger partial charge on any atom is 0.306 e. The van der Waals surface area contributed by atoms with E-state index in [1.165, 1.54) is 0 Å². The molecule has 1 aliphatic carbocycles. The van der Waals surface area contributed by atoms with Crippen molar-refractivity contribution in [2.75, 3.05) is 13.2 Å². The number of hydrogen-bond donors (Lipinski definition) is 1. The van der Waals surface area contributed by atoms with Crippen LogP contribution in [-0.4, -0.2) is 48.4 Å². The number of fused-ring (bicyclic) bond motifs is 1. The van der Waals surface area contributed by atoms with Gasteiger partial charge in [-0.15, -0.1) is 0 Å². The molecule has 2 unspecified atom stereocenters.